The summed E-state index contributed by atoms with van der Waals surface area (Å²) in [5.74, 6) is -0.147. The highest BCUT2D eigenvalue weighted by Crippen LogP contribution is 2.26. The number of benzene rings is 2. The summed E-state index contributed by atoms with van der Waals surface area (Å²) in [4.78, 5) is 12.8. The molecule has 1 aliphatic rings. The van der Waals surface area contributed by atoms with Crippen LogP contribution in [0.15, 0.2) is 51.8 Å². The predicted octanol–water partition coefficient (Wildman–Crippen LogP) is 4.17. The van der Waals surface area contributed by atoms with Gasteiger partial charge in [-0.15, -0.1) is 5.10 Å². The maximum atomic E-state index is 12.9. The van der Waals surface area contributed by atoms with Crippen LogP contribution in [0.1, 0.15) is 47.7 Å². The van der Waals surface area contributed by atoms with E-state index < -0.39 is 15.9 Å². The summed E-state index contributed by atoms with van der Waals surface area (Å²) < 4.78 is 33.0. The summed E-state index contributed by atoms with van der Waals surface area (Å²) in [6, 6.07) is 11.7. The number of nitrogens with one attached hydrogen (secondary N) is 1. The van der Waals surface area contributed by atoms with E-state index in [1.165, 1.54) is 24.3 Å². The second kappa shape index (κ2) is 8.84. The van der Waals surface area contributed by atoms with Gasteiger partial charge in [-0.2, -0.15) is 4.31 Å². The number of piperidine rings is 1. The number of carbonyl (C=O) groups is 1. The monoisotopic (exact) mass is 454 g/mol. The van der Waals surface area contributed by atoms with Gasteiger partial charge in [-0.05, 0) is 69.5 Å². The lowest BCUT2D eigenvalue weighted by atomic mass is 10.1. The van der Waals surface area contributed by atoms with Gasteiger partial charge in [-0.1, -0.05) is 29.2 Å². The Hall–Kier alpha value is -3.04. The molecule has 1 saturated heterocycles. The average Bonchev–Trinajstić information content (AvgIpc) is 3.22. The Labute approximate surface area is 187 Å². The Morgan fingerprint density at radius 2 is 1.84 bits per heavy atom. The Bertz CT molecular complexity index is 1240. The molecule has 32 heavy (non-hydrogen) atoms. The van der Waals surface area contributed by atoms with Crippen LogP contribution in [0.25, 0.3) is 11.5 Å². The third-order valence-electron chi connectivity index (χ3n) is 5.72. The number of nitrogens with zero attached hydrogens (tertiary/aromatic N) is 3. The van der Waals surface area contributed by atoms with Gasteiger partial charge < -0.3 is 4.42 Å². The number of amides is 1. The van der Waals surface area contributed by atoms with E-state index in [2.05, 4.69) is 15.5 Å². The Kier molecular flexibility index (Phi) is 6.12. The standard InChI is InChI=1S/C23H26N4O4S/c1-15-7-12-20(16(2)14-15)22-25-26-23(31-22)24-21(28)18-8-10-19(11-9-18)32(29,30)27-13-5-4-6-17(27)3/h7-12,14,17H,4-6,13H2,1-3H3,(H,24,26,28)/t17-/m1/s1. The normalized spacial score (nSPS) is 17.3. The maximum Gasteiger partial charge on any atom is 0.322 e. The molecule has 168 valence electrons. The largest absolute Gasteiger partial charge is 0.403 e. The first-order valence-corrected chi connectivity index (χ1v) is 12.0. The van der Waals surface area contributed by atoms with Crippen molar-refractivity contribution >= 4 is 21.9 Å². The maximum absolute atomic E-state index is 12.9. The van der Waals surface area contributed by atoms with Crippen molar-refractivity contribution in [1.29, 1.82) is 0 Å². The fraction of sp³-hybridized carbons (Fsp3) is 0.348. The van der Waals surface area contributed by atoms with E-state index in [-0.39, 0.29) is 17.0 Å². The van der Waals surface area contributed by atoms with Crippen molar-refractivity contribution in [3.63, 3.8) is 0 Å². The fourth-order valence-corrected chi connectivity index (χ4v) is 5.65. The lowest BCUT2D eigenvalue weighted by Crippen LogP contribution is -2.41. The summed E-state index contributed by atoms with van der Waals surface area (Å²) in [6.45, 7) is 6.39. The van der Waals surface area contributed by atoms with Crippen molar-refractivity contribution in [3.8, 4) is 11.5 Å². The number of aromatic nitrogens is 2. The van der Waals surface area contributed by atoms with Crippen molar-refractivity contribution in [2.24, 2.45) is 0 Å². The van der Waals surface area contributed by atoms with Gasteiger partial charge in [0.25, 0.3) is 5.91 Å². The van der Waals surface area contributed by atoms with Crippen LogP contribution in [0.3, 0.4) is 0 Å². The summed E-state index contributed by atoms with van der Waals surface area (Å²) >= 11 is 0. The number of anilines is 1. The van der Waals surface area contributed by atoms with Crippen LogP contribution < -0.4 is 5.32 Å². The minimum Gasteiger partial charge on any atom is -0.403 e. The van der Waals surface area contributed by atoms with Gasteiger partial charge in [-0.25, -0.2) is 8.42 Å². The highest BCUT2D eigenvalue weighted by Gasteiger charge is 2.31. The Balaban J connectivity index is 1.47. The number of rotatable bonds is 5. The molecule has 1 atom stereocenters. The quantitative estimate of drug-likeness (QED) is 0.620. The van der Waals surface area contributed by atoms with Crippen molar-refractivity contribution in [3.05, 3.63) is 59.2 Å². The zero-order valence-electron chi connectivity index (χ0n) is 18.3. The Morgan fingerprint density at radius 1 is 1.09 bits per heavy atom. The average molecular weight is 455 g/mol. The SMILES string of the molecule is Cc1ccc(-c2nnc(NC(=O)c3ccc(S(=O)(=O)N4CCCC[C@H]4C)cc3)o2)c(C)c1. The number of sulfonamides is 1. The van der Waals surface area contributed by atoms with Crippen molar-refractivity contribution < 1.29 is 17.6 Å². The number of aryl methyl sites for hydroxylation is 2. The molecule has 3 aromatic rings. The summed E-state index contributed by atoms with van der Waals surface area (Å²) in [5, 5.41) is 10.5. The zero-order valence-corrected chi connectivity index (χ0v) is 19.1. The lowest BCUT2D eigenvalue weighted by Gasteiger charge is -2.32. The molecule has 2 heterocycles. The molecular weight excluding hydrogens is 428 g/mol. The molecule has 1 amide bonds. The third kappa shape index (κ3) is 4.44. The Morgan fingerprint density at radius 3 is 2.53 bits per heavy atom. The summed E-state index contributed by atoms with van der Waals surface area (Å²) in [7, 11) is -3.59. The molecule has 0 spiro atoms. The molecule has 1 fully saturated rings. The van der Waals surface area contributed by atoms with E-state index in [1.54, 1.807) is 4.31 Å². The van der Waals surface area contributed by atoms with E-state index in [1.807, 2.05) is 39.0 Å². The zero-order chi connectivity index (χ0) is 22.9. The van der Waals surface area contributed by atoms with Crippen LogP contribution >= 0.6 is 0 Å². The van der Waals surface area contributed by atoms with Crippen molar-refractivity contribution in [1.82, 2.24) is 14.5 Å². The van der Waals surface area contributed by atoms with Gasteiger partial charge in [-0.3, -0.25) is 10.1 Å². The van der Waals surface area contributed by atoms with Crippen LogP contribution in [0, 0.1) is 13.8 Å². The summed E-state index contributed by atoms with van der Waals surface area (Å²) in [6.07, 6.45) is 2.75. The molecule has 0 bridgehead atoms. The first-order chi connectivity index (χ1) is 15.3. The lowest BCUT2D eigenvalue weighted by molar-refractivity contribution is 0.102. The van der Waals surface area contributed by atoms with Crippen LogP contribution in [0.4, 0.5) is 6.01 Å². The molecule has 4 rings (SSSR count). The second-order valence-corrected chi connectivity index (χ2v) is 10.1. The van der Waals surface area contributed by atoms with Crippen LogP contribution in [0.5, 0.6) is 0 Å². The molecule has 0 saturated carbocycles. The molecule has 1 aliphatic heterocycles. The molecule has 0 aliphatic carbocycles. The fourth-order valence-electron chi connectivity index (χ4n) is 3.95. The van der Waals surface area contributed by atoms with Crippen LogP contribution in [-0.2, 0) is 10.0 Å². The van der Waals surface area contributed by atoms with Gasteiger partial charge >= 0.3 is 6.01 Å². The number of hydrogen-bond acceptors (Lipinski definition) is 6. The molecule has 0 unspecified atom stereocenters. The van der Waals surface area contributed by atoms with Crippen molar-refractivity contribution in [2.75, 3.05) is 11.9 Å². The number of carbonyl (C=O) groups excluding carboxylic acids is 1. The first kappa shape index (κ1) is 22.2. The van der Waals surface area contributed by atoms with E-state index in [0.717, 1.165) is 36.0 Å². The topological polar surface area (TPSA) is 105 Å². The van der Waals surface area contributed by atoms with Crippen molar-refractivity contribution in [2.45, 2.75) is 51.0 Å². The van der Waals surface area contributed by atoms with Gasteiger partial charge in [0.05, 0.1) is 4.90 Å². The third-order valence-corrected chi connectivity index (χ3v) is 7.75. The molecular formula is C23H26N4O4S. The molecule has 1 N–H and O–H groups in total. The number of hydrogen-bond donors (Lipinski definition) is 1. The second-order valence-electron chi connectivity index (χ2n) is 8.17. The minimum absolute atomic E-state index is 0.0242. The first-order valence-electron chi connectivity index (χ1n) is 10.6. The van der Waals surface area contributed by atoms with Gasteiger partial charge in [0.2, 0.25) is 15.9 Å². The van der Waals surface area contributed by atoms with E-state index in [0.29, 0.717) is 18.0 Å². The minimum atomic E-state index is -3.59. The highest BCUT2D eigenvalue weighted by molar-refractivity contribution is 7.89. The van der Waals surface area contributed by atoms with Crippen LogP contribution in [-0.4, -0.2) is 41.4 Å². The highest BCUT2D eigenvalue weighted by atomic mass is 32.2. The van der Waals surface area contributed by atoms with E-state index in [4.69, 9.17) is 4.42 Å². The van der Waals surface area contributed by atoms with Gasteiger partial charge in [0, 0.05) is 23.7 Å². The molecule has 9 heteroatoms. The predicted molar refractivity (Wildman–Crippen MR) is 121 cm³/mol. The van der Waals surface area contributed by atoms with Gasteiger partial charge in [0.1, 0.15) is 0 Å². The van der Waals surface area contributed by atoms with Gasteiger partial charge in [0.15, 0.2) is 0 Å². The summed E-state index contributed by atoms with van der Waals surface area (Å²) in [5.41, 5.74) is 3.21. The van der Waals surface area contributed by atoms with Crippen LogP contribution in [0.2, 0.25) is 0 Å². The van der Waals surface area contributed by atoms with E-state index in [9.17, 15) is 13.2 Å². The molecule has 8 nitrogen and oxygen atoms in total. The van der Waals surface area contributed by atoms with E-state index >= 15 is 0 Å². The smallest absolute Gasteiger partial charge is 0.322 e. The molecule has 0 radical (unpaired) electrons. The molecule has 1 aromatic heterocycles. The molecule has 2 aromatic carbocycles.